The first-order valence-electron chi connectivity index (χ1n) is 5.55. The number of nitrogens with two attached hydrogens (primary N) is 1. The second-order valence-electron chi connectivity index (χ2n) is 3.83. The molecule has 0 spiro atoms. The van der Waals surface area contributed by atoms with Crippen LogP contribution in [0.5, 0.6) is 11.5 Å². The van der Waals surface area contributed by atoms with Gasteiger partial charge >= 0.3 is 0 Å². The van der Waals surface area contributed by atoms with Gasteiger partial charge in [0.05, 0.1) is 11.3 Å². The third-order valence-corrected chi connectivity index (χ3v) is 2.50. The quantitative estimate of drug-likeness (QED) is 0.491. The van der Waals surface area contributed by atoms with Crippen LogP contribution in [0, 0.1) is 0 Å². The zero-order chi connectivity index (χ0) is 13.0. The van der Waals surface area contributed by atoms with Crippen molar-refractivity contribution in [1.29, 1.82) is 0 Å². The lowest BCUT2D eigenvalue weighted by Crippen LogP contribution is -2.07. The average Bonchev–Trinajstić information content (AvgIpc) is 2.39. The van der Waals surface area contributed by atoms with Gasteiger partial charge in [0.1, 0.15) is 11.5 Å². The topological polar surface area (TPSA) is 64.4 Å². The molecule has 0 radical (unpaired) electrons. The summed E-state index contributed by atoms with van der Waals surface area (Å²) in [5, 5.41) is 0. The number of anilines is 1. The second kappa shape index (κ2) is 5.33. The molecule has 4 heteroatoms. The van der Waals surface area contributed by atoms with Crippen molar-refractivity contribution in [3.05, 3.63) is 54.1 Å². The van der Waals surface area contributed by atoms with Crippen molar-refractivity contribution in [3.63, 3.8) is 0 Å². The van der Waals surface area contributed by atoms with Crippen LogP contribution in [0.4, 0.5) is 5.69 Å². The number of nitrogens with one attached hydrogen (secondary N) is 1. The summed E-state index contributed by atoms with van der Waals surface area (Å²) in [6, 6.07) is 14.4. The highest BCUT2D eigenvalue weighted by Crippen LogP contribution is 2.28. The first kappa shape index (κ1) is 12.1. The van der Waals surface area contributed by atoms with Crippen molar-refractivity contribution in [2.45, 2.75) is 6.92 Å². The molecule has 0 aliphatic heterocycles. The van der Waals surface area contributed by atoms with Crippen LogP contribution in [0.15, 0.2) is 48.5 Å². The normalized spacial score (nSPS) is 9.89. The van der Waals surface area contributed by atoms with E-state index in [9.17, 15) is 4.79 Å². The summed E-state index contributed by atoms with van der Waals surface area (Å²) < 4.78 is 5.70. The van der Waals surface area contributed by atoms with Gasteiger partial charge in [-0.3, -0.25) is 10.6 Å². The van der Waals surface area contributed by atoms with E-state index in [1.165, 1.54) is 6.92 Å². The highest BCUT2D eigenvalue weighted by atomic mass is 16.5. The minimum absolute atomic E-state index is 0.0514. The highest BCUT2D eigenvalue weighted by Gasteiger charge is 2.10. The minimum Gasteiger partial charge on any atom is -0.457 e. The van der Waals surface area contributed by atoms with Gasteiger partial charge in [0.2, 0.25) is 0 Å². The Kier molecular flexibility index (Phi) is 3.60. The molecule has 0 aromatic heterocycles. The Morgan fingerprint density at radius 2 is 1.89 bits per heavy atom. The lowest BCUT2D eigenvalue weighted by atomic mass is 10.1. The molecule has 0 aliphatic rings. The van der Waals surface area contributed by atoms with Crippen LogP contribution in [0.3, 0.4) is 0 Å². The number of rotatable bonds is 4. The Morgan fingerprint density at radius 1 is 1.17 bits per heavy atom. The fourth-order valence-electron chi connectivity index (χ4n) is 1.60. The predicted molar refractivity (Wildman–Crippen MR) is 70.8 cm³/mol. The Labute approximate surface area is 105 Å². The van der Waals surface area contributed by atoms with E-state index >= 15 is 0 Å². The molecule has 18 heavy (non-hydrogen) atoms. The largest absolute Gasteiger partial charge is 0.457 e. The number of para-hydroxylation sites is 1. The number of benzene rings is 2. The van der Waals surface area contributed by atoms with E-state index in [-0.39, 0.29) is 5.78 Å². The summed E-state index contributed by atoms with van der Waals surface area (Å²) in [7, 11) is 0. The SMILES string of the molecule is CC(=O)c1ccc(NN)cc1Oc1ccccc1. The fourth-order valence-corrected chi connectivity index (χ4v) is 1.60. The van der Waals surface area contributed by atoms with E-state index in [0.29, 0.717) is 22.7 Å². The molecule has 0 aliphatic carbocycles. The first-order valence-corrected chi connectivity index (χ1v) is 5.55. The maximum Gasteiger partial charge on any atom is 0.163 e. The van der Waals surface area contributed by atoms with Crippen molar-refractivity contribution in [3.8, 4) is 11.5 Å². The monoisotopic (exact) mass is 242 g/mol. The van der Waals surface area contributed by atoms with Crippen molar-refractivity contribution < 1.29 is 9.53 Å². The summed E-state index contributed by atoms with van der Waals surface area (Å²) >= 11 is 0. The van der Waals surface area contributed by atoms with E-state index in [0.717, 1.165) is 0 Å². The van der Waals surface area contributed by atoms with Crippen LogP contribution in [0.2, 0.25) is 0 Å². The molecule has 2 aromatic carbocycles. The van der Waals surface area contributed by atoms with Gasteiger partial charge in [0.15, 0.2) is 5.78 Å². The summed E-state index contributed by atoms with van der Waals surface area (Å²) in [5.74, 6) is 6.46. The van der Waals surface area contributed by atoms with E-state index in [1.54, 1.807) is 18.2 Å². The Morgan fingerprint density at radius 3 is 2.50 bits per heavy atom. The minimum atomic E-state index is -0.0514. The number of carbonyl (C=O) groups excluding carboxylic acids is 1. The summed E-state index contributed by atoms with van der Waals surface area (Å²) in [5.41, 5.74) is 3.74. The van der Waals surface area contributed by atoms with Crippen LogP contribution < -0.4 is 16.0 Å². The van der Waals surface area contributed by atoms with Crippen LogP contribution in [0.1, 0.15) is 17.3 Å². The number of hydrogen-bond acceptors (Lipinski definition) is 4. The molecule has 2 rings (SSSR count). The van der Waals surface area contributed by atoms with E-state index in [2.05, 4.69) is 5.43 Å². The van der Waals surface area contributed by atoms with Gasteiger partial charge in [-0.25, -0.2) is 0 Å². The Bertz CT molecular complexity index is 553. The molecule has 0 bridgehead atoms. The standard InChI is InChI=1S/C14H14N2O2/c1-10(17)13-8-7-11(16-15)9-14(13)18-12-5-3-2-4-6-12/h2-9,16H,15H2,1H3. The van der Waals surface area contributed by atoms with Gasteiger partial charge in [0, 0.05) is 6.07 Å². The number of nitrogen functional groups attached to an aromatic ring is 1. The van der Waals surface area contributed by atoms with Crippen LogP contribution >= 0.6 is 0 Å². The van der Waals surface area contributed by atoms with E-state index in [1.807, 2.05) is 30.3 Å². The molecule has 92 valence electrons. The lowest BCUT2D eigenvalue weighted by Gasteiger charge is -2.11. The molecule has 0 atom stereocenters. The van der Waals surface area contributed by atoms with Crippen LogP contribution in [0.25, 0.3) is 0 Å². The van der Waals surface area contributed by atoms with Crippen molar-refractivity contribution >= 4 is 11.5 Å². The van der Waals surface area contributed by atoms with Crippen LogP contribution in [-0.4, -0.2) is 5.78 Å². The van der Waals surface area contributed by atoms with Gasteiger partial charge in [-0.1, -0.05) is 18.2 Å². The number of carbonyl (C=O) groups is 1. The highest BCUT2D eigenvalue weighted by molar-refractivity contribution is 5.97. The van der Waals surface area contributed by atoms with Crippen molar-refractivity contribution in [1.82, 2.24) is 0 Å². The lowest BCUT2D eigenvalue weighted by molar-refractivity contribution is 0.101. The third kappa shape index (κ3) is 2.67. The molecule has 4 nitrogen and oxygen atoms in total. The second-order valence-corrected chi connectivity index (χ2v) is 3.83. The number of hydrazine groups is 1. The smallest absolute Gasteiger partial charge is 0.163 e. The Balaban J connectivity index is 2.38. The summed E-state index contributed by atoms with van der Waals surface area (Å²) in [4.78, 5) is 11.5. The first-order chi connectivity index (χ1) is 8.70. The number of ether oxygens (including phenoxy) is 1. The molecular formula is C14H14N2O2. The summed E-state index contributed by atoms with van der Waals surface area (Å²) in [6.07, 6.45) is 0. The van der Waals surface area contributed by atoms with Gasteiger partial charge in [-0.2, -0.15) is 0 Å². The molecule has 0 unspecified atom stereocenters. The Hall–Kier alpha value is -2.33. The molecular weight excluding hydrogens is 228 g/mol. The maximum absolute atomic E-state index is 11.5. The predicted octanol–water partition coefficient (Wildman–Crippen LogP) is 2.97. The van der Waals surface area contributed by atoms with Gasteiger partial charge in [-0.05, 0) is 31.2 Å². The van der Waals surface area contributed by atoms with Gasteiger partial charge < -0.3 is 10.2 Å². The third-order valence-electron chi connectivity index (χ3n) is 2.50. The number of ketones is 1. The average molecular weight is 242 g/mol. The molecule has 3 N–H and O–H groups in total. The number of Topliss-reactive ketones (excluding diaryl/α,β-unsaturated/α-hetero) is 1. The van der Waals surface area contributed by atoms with E-state index in [4.69, 9.17) is 10.6 Å². The van der Waals surface area contributed by atoms with Crippen molar-refractivity contribution in [2.24, 2.45) is 5.84 Å². The van der Waals surface area contributed by atoms with Crippen molar-refractivity contribution in [2.75, 3.05) is 5.43 Å². The molecule has 0 fully saturated rings. The zero-order valence-corrected chi connectivity index (χ0v) is 10.0. The molecule has 2 aromatic rings. The maximum atomic E-state index is 11.5. The molecule has 0 saturated carbocycles. The van der Waals surface area contributed by atoms with Gasteiger partial charge in [0.25, 0.3) is 0 Å². The van der Waals surface area contributed by atoms with Crippen LogP contribution in [-0.2, 0) is 0 Å². The molecule has 0 amide bonds. The fraction of sp³-hybridized carbons (Fsp3) is 0.0714. The van der Waals surface area contributed by atoms with Gasteiger partial charge in [-0.15, -0.1) is 0 Å². The number of hydrogen-bond donors (Lipinski definition) is 2. The zero-order valence-electron chi connectivity index (χ0n) is 10.0. The van der Waals surface area contributed by atoms with E-state index < -0.39 is 0 Å². The molecule has 0 saturated heterocycles. The summed E-state index contributed by atoms with van der Waals surface area (Å²) in [6.45, 7) is 1.50. The molecule has 0 heterocycles.